The molecule has 0 bridgehead atoms. The van der Waals surface area contributed by atoms with Crippen LogP contribution >= 0.6 is 11.8 Å². The minimum absolute atomic E-state index is 0.285. The Morgan fingerprint density at radius 1 is 1.35 bits per heavy atom. The van der Waals surface area contributed by atoms with Gasteiger partial charge < -0.3 is 19.7 Å². The fourth-order valence-corrected chi connectivity index (χ4v) is 4.06. The van der Waals surface area contributed by atoms with Gasteiger partial charge in [-0.05, 0) is 38.0 Å². The Morgan fingerprint density at radius 3 is 2.96 bits per heavy atom. The van der Waals surface area contributed by atoms with Crippen LogP contribution in [0, 0.1) is 0 Å². The Bertz CT molecular complexity index is 589. The molecule has 0 saturated carbocycles. The molecule has 126 valence electrons. The molecule has 1 N–H and O–H groups in total. The quantitative estimate of drug-likeness (QED) is 0.679. The number of rotatable bonds is 3. The molecule has 0 atom stereocenters. The smallest absolute Gasteiger partial charge is 0.231 e. The fraction of sp³-hybridized carbons (Fsp3) is 0.588. The first-order chi connectivity index (χ1) is 11.1. The molecule has 2 aliphatic heterocycles. The summed E-state index contributed by atoms with van der Waals surface area (Å²) in [5.41, 5.74) is 1.24. The highest BCUT2D eigenvalue weighted by Gasteiger charge is 2.28. The van der Waals surface area contributed by atoms with Crippen LogP contribution < -0.4 is 14.8 Å². The first-order valence-electron chi connectivity index (χ1n) is 8.05. The zero-order valence-electron chi connectivity index (χ0n) is 14.1. The number of thioether (sulfide) groups is 1. The summed E-state index contributed by atoms with van der Waals surface area (Å²) in [6.45, 7) is 7.86. The number of aliphatic imine (C=N–C) groups is 1. The lowest BCUT2D eigenvalue weighted by Gasteiger charge is -2.39. The highest BCUT2D eigenvalue weighted by molar-refractivity contribution is 8.00. The maximum atomic E-state index is 5.43. The summed E-state index contributed by atoms with van der Waals surface area (Å²) < 4.78 is 11.1. The Hall–Kier alpha value is -1.56. The van der Waals surface area contributed by atoms with Gasteiger partial charge in [-0.3, -0.25) is 4.99 Å². The molecule has 0 aromatic heterocycles. The average molecular weight is 335 g/mol. The van der Waals surface area contributed by atoms with Crippen molar-refractivity contribution in [1.82, 2.24) is 10.2 Å². The second-order valence-electron chi connectivity index (χ2n) is 6.44. The second-order valence-corrected chi connectivity index (χ2v) is 8.24. The van der Waals surface area contributed by atoms with Crippen molar-refractivity contribution in [1.29, 1.82) is 0 Å². The van der Waals surface area contributed by atoms with E-state index < -0.39 is 0 Å². The molecular formula is C17H25N3O2S. The summed E-state index contributed by atoms with van der Waals surface area (Å²) in [6, 6.07) is 6.14. The number of guanidine groups is 1. The number of nitrogens with zero attached hydrogens (tertiary/aromatic N) is 2. The largest absolute Gasteiger partial charge is 0.454 e. The van der Waals surface area contributed by atoms with Crippen molar-refractivity contribution in [2.75, 3.05) is 39.2 Å². The number of hydrogen-bond acceptors (Lipinski definition) is 4. The van der Waals surface area contributed by atoms with E-state index in [0.29, 0.717) is 6.79 Å². The van der Waals surface area contributed by atoms with Gasteiger partial charge in [0.15, 0.2) is 17.5 Å². The normalized spacial score (nSPS) is 19.8. The van der Waals surface area contributed by atoms with Crippen LogP contribution in [-0.2, 0) is 6.42 Å². The van der Waals surface area contributed by atoms with Gasteiger partial charge in [0.2, 0.25) is 6.79 Å². The van der Waals surface area contributed by atoms with Gasteiger partial charge in [0.25, 0.3) is 0 Å². The summed E-state index contributed by atoms with van der Waals surface area (Å²) in [6.07, 6.45) is 0.932. The molecule has 23 heavy (non-hydrogen) atoms. The van der Waals surface area contributed by atoms with Crippen molar-refractivity contribution < 1.29 is 9.47 Å². The molecule has 3 rings (SSSR count). The van der Waals surface area contributed by atoms with Crippen LogP contribution in [0.15, 0.2) is 23.2 Å². The Balaban J connectivity index is 1.52. The van der Waals surface area contributed by atoms with Crippen molar-refractivity contribution in [3.63, 3.8) is 0 Å². The van der Waals surface area contributed by atoms with Gasteiger partial charge in [0, 0.05) is 37.2 Å². The van der Waals surface area contributed by atoms with E-state index in [1.807, 2.05) is 24.9 Å². The minimum Gasteiger partial charge on any atom is -0.454 e. The summed E-state index contributed by atoms with van der Waals surface area (Å²) in [4.78, 5) is 6.80. The van der Waals surface area contributed by atoms with Gasteiger partial charge in [-0.2, -0.15) is 11.8 Å². The number of ether oxygens (including phenoxy) is 2. The molecule has 0 spiro atoms. The van der Waals surface area contributed by atoms with Gasteiger partial charge >= 0.3 is 0 Å². The monoisotopic (exact) mass is 335 g/mol. The van der Waals surface area contributed by atoms with E-state index in [1.165, 1.54) is 5.56 Å². The Labute approximate surface area is 142 Å². The van der Waals surface area contributed by atoms with Crippen LogP contribution in [0.2, 0.25) is 0 Å². The first-order valence-corrected chi connectivity index (χ1v) is 9.04. The van der Waals surface area contributed by atoms with Crippen LogP contribution in [0.25, 0.3) is 0 Å². The van der Waals surface area contributed by atoms with Crippen LogP contribution in [-0.4, -0.2) is 54.8 Å². The van der Waals surface area contributed by atoms with Crippen LogP contribution in [0.4, 0.5) is 0 Å². The molecule has 2 heterocycles. The summed E-state index contributed by atoms with van der Waals surface area (Å²) in [5, 5.41) is 3.49. The number of fused-ring (bicyclic) bond motifs is 1. The molecule has 5 nitrogen and oxygen atoms in total. The molecule has 0 amide bonds. The van der Waals surface area contributed by atoms with Crippen molar-refractivity contribution in [2.45, 2.75) is 25.0 Å². The first kappa shape index (κ1) is 16.3. The van der Waals surface area contributed by atoms with Crippen molar-refractivity contribution in [2.24, 2.45) is 4.99 Å². The van der Waals surface area contributed by atoms with Gasteiger partial charge in [-0.15, -0.1) is 0 Å². The third-order valence-electron chi connectivity index (χ3n) is 4.07. The van der Waals surface area contributed by atoms with E-state index in [1.54, 1.807) is 0 Å². The van der Waals surface area contributed by atoms with Gasteiger partial charge in [-0.1, -0.05) is 6.07 Å². The van der Waals surface area contributed by atoms with Crippen LogP contribution in [0.1, 0.15) is 19.4 Å². The number of benzene rings is 1. The van der Waals surface area contributed by atoms with Gasteiger partial charge in [0.1, 0.15) is 0 Å². The highest BCUT2D eigenvalue weighted by Crippen LogP contribution is 2.32. The van der Waals surface area contributed by atoms with Crippen LogP contribution in [0.3, 0.4) is 0 Å². The van der Waals surface area contributed by atoms with Crippen molar-refractivity contribution in [3.05, 3.63) is 23.8 Å². The molecule has 0 aliphatic carbocycles. The molecule has 0 unspecified atom stereocenters. The predicted octanol–water partition coefficient (Wildman–Crippen LogP) is 2.36. The standard InChI is InChI=1S/C17H25N3O2S/c1-17(2)11-20(8-9-23-17)16(18-3)19-7-6-13-4-5-14-15(10-13)22-12-21-14/h4-5,10H,6-9,11-12H2,1-3H3,(H,18,19). The number of hydrogen-bond donors (Lipinski definition) is 1. The van der Waals surface area contributed by atoms with E-state index in [0.717, 1.165) is 49.3 Å². The second kappa shape index (κ2) is 6.91. The lowest BCUT2D eigenvalue weighted by molar-refractivity contribution is 0.174. The Morgan fingerprint density at radius 2 is 2.17 bits per heavy atom. The number of nitrogens with one attached hydrogen (secondary N) is 1. The predicted molar refractivity (Wildman–Crippen MR) is 95.7 cm³/mol. The van der Waals surface area contributed by atoms with Gasteiger partial charge in [0.05, 0.1) is 0 Å². The van der Waals surface area contributed by atoms with E-state index >= 15 is 0 Å². The zero-order chi connectivity index (χ0) is 16.3. The molecule has 0 radical (unpaired) electrons. The third kappa shape index (κ3) is 4.05. The molecule has 1 fully saturated rings. The van der Waals surface area contributed by atoms with E-state index in [9.17, 15) is 0 Å². The minimum atomic E-state index is 0.285. The highest BCUT2D eigenvalue weighted by atomic mass is 32.2. The lowest BCUT2D eigenvalue weighted by Crippen LogP contribution is -2.51. The van der Waals surface area contributed by atoms with Gasteiger partial charge in [-0.25, -0.2) is 0 Å². The summed E-state index contributed by atoms with van der Waals surface area (Å²) in [7, 11) is 1.86. The Kier molecular flexibility index (Phi) is 4.90. The van der Waals surface area contributed by atoms with E-state index in [4.69, 9.17) is 9.47 Å². The van der Waals surface area contributed by atoms with Crippen LogP contribution in [0.5, 0.6) is 11.5 Å². The average Bonchev–Trinajstić information content (AvgIpc) is 2.98. The summed E-state index contributed by atoms with van der Waals surface area (Å²) in [5.74, 6) is 3.84. The maximum absolute atomic E-state index is 5.43. The topological polar surface area (TPSA) is 46.1 Å². The fourth-order valence-electron chi connectivity index (χ4n) is 2.94. The summed E-state index contributed by atoms with van der Waals surface area (Å²) >= 11 is 2.03. The molecule has 6 heteroatoms. The van der Waals surface area contributed by atoms with Crippen molar-refractivity contribution in [3.8, 4) is 11.5 Å². The molecular weight excluding hydrogens is 310 g/mol. The lowest BCUT2D eigenvalue weighted by atomic mass is 10.1. The molecule has 1 aromatic rings. The van der Waals surface area contributed by atoms with E-state index in [-0.39, 0.29) is 4.75 Å². The maximum Gasteiger partial charge on any atom is 0.231 e. The molecule has 1 aromatic carbocycles. The SMILES string of the molecule is CN=C(NCCc1ccc2c(c1)OCO2)N1CCSC(C)(C)C1. The van der Waals surface area contributed by atoms with Crippen molar-refractivity contribution >= 4 is 17.7 Å². The zero-order valence-corrected chi connectivity index (χ0v) is 14.9. The third-order valence-corrected chi connectivity index (χ3v) is 5.37. The molecule has 2 aliphatic rings. The molecule has 1 saturated heterocycles. The van der Waals surface area contributed by atoms with E-state index in [2.05, 4.69) is 41.2 Å².